The van der Waals surface area contributed by atoms with Gasteiger partial charge in [0.15, 0.2) is 0 Å². The van der Waals surface area contributed by atoms with Crippen molar-refractivity contribution >= 4 is 0 Å². The number of benzene rings is 2. The van der Waals surface area contributed by atoms with Gasteiger partial charge in [-0.2, -0.15) is 5.26 Å². The van der Waals surface area contributed by atoms with Crippen molar-refractivity contribution in [1.29, 1.82) is 5.26 Å². The van der Waals surface area contributed by atoms with Gasteiger partial charge in [0.05, 0.1) is 24.8 Å². The molecule has 2 aromatic carbocycles. The van der Waals surface area contributed by atoms with Crippen molar-refractivity contribution in [2.24, 2.45) is 0 Å². The van der Waals surface area contributed by atoms with Gasteiger partial charge in [0.1, 0.15) is 11.5 Å². The van der Waals surface area contributed by atoms with Crippen molar-refractivity contribution in [3.63, 3.8) is 0 Å². The molecule has 0 atom stereocenters. The summed E-state index contributed by atoms with van der Waals surface area (Å²) in [5.41, 5.74) is 2.66. The fourth-order valence-corrected chi connectivity index (χ4v) is 2.18. The third-order valence-corrected chi connectivity index (χ3v) is 3.14. The molecule has 0 heterocycles. The molecule has 0 N–H and O–H groups in total. The average Bonchev–Trinajstić information content (AvgIpc) is 2.50. The van der Waals surface area contributed by atoms with Crippen molar-refractivity contribution in [2.75, 3.05) is 13.2 Å². The van der Waals surface area contributed by atoms with Crippen LogP contribution in [0.3, 0.4) is 0 Å². The maximum Gasteiger partial charge on any atom is 0.125 e. The van der Waals surface area contributed by atoms with Gasteiger partial charge in [-0.1, -0.05) is 18.2 Å². The summed E-state index contributed by atoms with van der Waals surface area (Å²) < 4.78 is 11.4. The van der Waals surface area contributed by atoms with E-state index in [1.54, 1.807) is 0 Å². The van der Waals surface area contributed by atoms with Crippen LogP contribution in [0.2, 0.25) is 0 Å². The Labute approximate surface area is 125 Å². The lowest BCUT2D eigenvalue weighted by Crippen LogP contribution is -2.06. The van der Waals surface area contributed by atoms with E-state index in [-0.39, 0.29) is 0 Å². The van der Waals surface area contributed by atoms with Gasteiger partial charge in [0.25, 0.3) is 0 Å². The van der Waals surface area contributed by atoms with Crippen LogP contribution in [0, 0.1) is 25.2 Å². The second-order valence-corrected chi connectivity index (χ2v) is 4.91. The highest BCUT2D eigenvalue weighted by Crippen LogP contribution is 2.24. The molecule has 0 aliphatic carbocycles. The predicted octanol–water partition coefficient (Wildman–Crippen LogP) is 4.02. The number of hydrogen-bond donors (Lipinski definition) is 0. The van der Waals surface area contributed by atoms with Gasteiger partial charge in [-0.3, -0.25) is 0 Å². The van der Waals surface area contributed by atoms with Gasteiger partial charge >= 0.3 is 0 Å². The van der Waals surface area contributed by atoms with Crippen LogP contribution in [-0.4, -0.2) is 13.2 Å². The second kappa shape index (κ2) is 7.35. The number of aryl methyl sites for hydroxylation is 2. The Morgan fingerprint density at radius 1 is 0.952 bits per heavy atom. The first-order valence-electron chi connectivity index (χ1n) is 7.02. The summed E-state index contributed by atoms with van der Waals surface area (Å²) in [6, 6.07) is 15.6. The number of para-hydroxylation sites is 1. The smallest absolute Gasteiger partial charge is 0.125 e. The first kappa shape index (κ1) is 14.9. The molecule has 2 aromatic rings. The Hall–Kier alpha value is -2.47. The fourth-order valence-electron chi connectivity index (χ4n) is 2.18. The van der Waals surface area contributed by atoms with E-state index in [2.05, 4.69) is 6.07 Å². The number of rotatable bonds is 6. The number of hydrogen-bond acceptors (Lipinski definition) is 3. The topological polar surface area (TPSA) is 42.2 Å². The summed E-state index contributed by atoms with van der Waals surface area (Å²) in [5.74, 6) is 1.75. The molecule has 0 amide bonds. The van der Waals surface area contributed by atoms with Crippen molar-refractivity contribution in [1.82, 2.24) is 0 Å². The summed E-state index contributed by atoms with van der Waals surface area (Å²) in [6.07, 6.45) is 0.813. The van der Waals surface area contributed by atoms with Crippen LogP contribution < -0.4 is 9.47 Å². The Kier molecular flexibility index (Phi) is 5.22. The van der Waals surface area contributed by atoms with Crippen molar-refractivity contribution in [3.05, 3.63) is 59.2 Å². The number of nitriles is 1. The average molecular weight is 281 g/mol. The summed E-state index contributed by atoms with van der Waals surface area (Å²) >= 11 is 0. The normalized spacial score (nSPS) is 9.95. The maximum absolute atomic E-state index is 8.92. The maximum atomic E-state index is 8.92. The van der Waals surface area contributed by atoms with Crippen LogP contribution in [0.4, 0.5) is 0 Å². The van der Waals surface area contributed by atoms with Crippen LogP contribution >= 0.6 is 0 Å². The highest BCUT2D eigenvalue weighted by atomic mass is 16.5. The van der Waals surface area contributed by atoms with Gasteiger partial charge < -0.3 is 9.47 Å². The van der Waals surface area contributed by atoms with Gasteiger partial charge in [-0.05, 0) is 49.2 Å². The summed E-state index contributed by atoms with van der Waals surface area (Å²) in [6.45, 7) is 5.14. The van der Waals surface area contributed by atoms with Crippen LogP contribution in [0.1, 0.15) is 23.1 Å². The first-order chi connectivity index (χ1) is 10.2. The molecule has 3 nitrogen and oxygen atoms in total. The molecule has 3 heteroatoms. The van der Waals surface area contributed by atoms with E-state index in [0.29, 0.717) is 18.8 Å². The molecule has 0 saturated heterocycles. The van der Waals surface area contributed by atoms with Crippen molar-refractivity contribution < 1.29 is 9.47 Å². The Morgan fingerprint density at radius 2 is 1.57 bits per heavy atom. The predicted molar refractivity (Wildman–Crippen MR) is 82.7 cm³/mol. The number of nitrogens with zero attached hydrogens (tertiary/aromatic N) is 1. The minimum absolute atomic E-state index is 0.598. The first-order valence-corrected chi connectivity index (χ1v) is 7.02. The minimum Gasteiger partial charge on any atom is -0.493 e. The third kappa shape index (κ3) is 4.25. The largest absolute Gasteiger partial charge is 0.493 e. The molecule has 0 unspecified atom stereocenters. The van der Waals surface area contributed by atoms with Gasteiger partial charge in [0.2, 0.25) is 0 Å². The molecule has 0 saturated carbocycles. The molecule has 0 spiro atoms. The van der Waals surface area contributed by atoms with Gasteiger partial charge in [-0.15, -0.1) is 0 Å². The second-order valence-electron chi connectivity index (χ2n) is 4.91. The quantitative estimate of drug-likeness (QED) is 0.751. The molecular formula is C18H19NO2. The Balaban J connectivity index is 1.80. The summed E-state index contributed by atoms with van der Waals surface area (Å²) in [7, 11) is 0. The lowest BCUT2D eigenvalue weighted by atomic mass is 10.1. The fraction of sp³-hybridized carbons (Fsp3) is 0.278. The van der Waals surface area contributed by atoms with E-state index in [0.717, 1.165) is 29.0 Å². The molecular weight excluding hydrogens is 262 g/mol. The van der Waals surface area contributed by atoms with Crippen LogP contribution in [0.15, 0.2) is 42.5 Å². The zero-order valence-electron chi connectivity index (χ0n) is 12.4. The van der Waals surface area contributed by atoms with Gasteiger partial charge in [0, 0.05) is 6.42 Å². The summed E-state index contributed by atoms with van der Waals surface area (Å²) in [4.78, 5) is 0. The van der Waals surface area contributed by atoms with Crippen molar-refractivity contribution in [3.8, 4) is 17.6 Å². The van der Waals surface area contributed by atoms with Gasteiger partial charge in [-0.25, -0.2) is 0 Å². The van der Waals surface area contributed by atoms with E-state index in [4.69, 9.17) is 14.7 Å². The molecule has 0 radical (unpaired) electrons. The standard InChI is InChI=1S/C18H19NO2/c1-14-11-16(13-19)12-15(2)18(14)21-10-6-9-20-17-7-4-3-5-8-17/h3-5,7-8,11-12H,6,9-10H2,1-2H3. The zero-order valence-corrected chi connectivity index (χ0v) is 12.4. The minimum atomic E-state index is 0.598. The SMILES string of the molecule is Cc1cc(C#N)cc(C)c1OCCCOc1ccccc1. The monoisotopic (exact) mass is 281 g/mol. The molecule has 2 rings (SSSR count). The van der Waals surface area contributed by atoms with E-state index in [9.17, 15) is 0 Å². The Bertz CT molecular complexity index is 606. The molecule has 0 aromatic heterocycles. The molecule has 0 aliphatic rings. The highest BCUT2D eigenvalue weighted by Gasteiger charge is 2.06. The van der Waals surface area contributed by atoms with E-state index < -0.39 is 0 Å². The highest BCUT2D eigenvalue weighted by molar-refractivity contribution is 5.47. The van der Waals surface area contributed by atoms with Crippen LogP contribution in [0.25, 0.3) is 0 Å². The Morgan fingerprint density at radius 3 is 2.19 bits per heavy atom. The molecule has 0 bridgehead atoms. The zero-order chi connectivity index (χ0) is 15.1. The lowest BCUT2D eigenvalue weighted by molar-refractivity contribution is 0.246. The van der Waals surface area contributed by atoms with E-state index >= 15 is 0 Å². The van der Waals surface area contributed by atoms with E-state index in [1.807, 2.05) is 56.3 Å². The van der Waals surface area contributed by atoms with Crippen LogP contribution in [-0.2, 0) is 0 Å². The summed E-state index contributed by atoms with van der Waals surface area (Å²) in [5, 5.41) is 8.92. The molecule has 21 heavy (non-hydrogen) atoms. The molecule has 108 valence electrons. The van der Waals surface area contributed by atoms with E-state index in [1.165, 1.54) is 0 Å². The van der Waals surface area contributed by atoms with Crippen molar-refractivity contribution in [2.45, 2.75) is 20.3 Å². The molecule has 0 aliphatic heterocycles. The number of ether oxygens (including phenoxy) is 2. The lowest BCUT2D eigenvalue weighted by Gasteiger charge is -2.13. The van der Waals surface area contributed by atoms with Crippen LogP contribution in [0.5, 0.6) is 11.5 Å². The molecule has 0 fully saturated rings. The third-order valence-electron chi connectivity index (χ3n) is 3.14.